The molecule has 2 aromatic rings. The summed E-state index contributed by atoms with van der Waals surface area (Å²) in [5.41, 5.74) is -0.755. The Balaban J connectivity index is 2.52. The number of nitrogens with one attached hydrogen (secondary N) is 1. The van der Waals surface area contributed by atoms with Gasteiger partial charge in [0.2, 0.25) is 0 Å². The highest BCUT2D eigenvalue weighted by Crippen LogP contribution is 2.36. The summed E-state index contributed by atoms with van der Waals surface area (Å²) in [5.74, 6) is -1.59. The van der Waals surface area contributed by atoms with Crippen LogP contribution in [0.1, 0.15) is 0 Å². The highest BCUT2D eigenvalue weighted by Gasteiger charge is 2.24. The van der Waals surface area contributed by atoms with Crippen LogP contribution in [0.3, 0.4) is 0 Å². The summed E-state index contributed by atoms with van der Waals surface area (Å²) in [5, 5.41) is 0. The SMILES string of the molecule is COc1cc(Br)c(S(=O)(=O)Nc2c(F)cccc2F)cc1OC. The first-order valence-electron chi connectivity index (χ1n) is 6.18. The van der Waals surface area contributed by atoms with Gasteiger partial charge in [0.05, 0.1) is 14.2 Å². The maximum Gasteiger partial charge on any atom is 0.263 e. The van der Waals surface area contributed by atoms with Gasteiger partial charge in [-0.15, -0.1) is 0 Å². The second-order valence-electron chi connectivity index (χ2n) is 4.34. The van der Waals surface area contributed by atoms with E-state index >= 15 is 0 Å². The predicted molar refractivity (Wildman–Crippen MR) is 84.4 cm³/mol. The van der Waals surface area contributed by atoms with E-state index in [1.807, 2.05) is 4.72 Å². The second-order valence-corrected chi connectivity index (χ2v) is 6.84. The number of methoxy groups -OCH3 is 2. The lowest BCUT2D eigenvalue weighted by Gasteiger charge is -2.14. The minimum atomic E-state index is -4.26. The molecule has 2 aromatic carbocycles. The zero-order valence-electron chi connectivity index (χ0n) is 12.1. The van der Waals surface area contributed by atoms with Gasteiger partial charge in [0.15, 0.2) is 11.5 Å². The number of anilines is 1. The van der Waals surface area contributed by atoms with Gasteiger partial charge in [-0.05, 0) is 34.1 Å². The number of para-hydroxylation sites is 1. The third-order valence-electron chi connectivity index (χ3n) is 2.93. The largest absolute Gasteiger partial charge is 0.493 e. The van der Waals surface area contributed by atoms with Crippen LogP contribution >= 0.6 is 15.9 Å². The number of benzene rings is 2. The van der Waals surface area contributed by atoms with Crippen molar-refractivity contribution < 1.29 is 26.7 Å². The number of hydrogen-bond acceptors (Lipinski definition) is 4. The van der Waals surface area contributed by atoms with Gasteiger partial charge in [0, 0.05) is 10.5 Å². The van der Waals surface area contributed by atoms with Gasteiger partial charge in [-0.2, -0.15) is 0 Å². The smallest absolute Gasteiger partial charge is 0.263 e. The molecule has 0 saturated heterocycles. The molecule has 5 nitrogen and oxygen atoms in total. The molecule has 9 heteroatoms. The summed E-state index contributed by atoms with van der Waals surface area (Å²) >= 11 is 3.10. The molecule has 0 atom stereocenters. The molecule has 0 aliphatic heterocycles. The molecule has 0 fully saturated rings. The van der Waals surface area contributed by atoms with E-state index in [1.165, 1.54) is 26.4 Å². The van der Waals surface area contributed by atoms with Crippen LogP contribution in [0.15, 0.2) is 39.7 Å². The summed E-state index contributed by atoms with van der Waals surface area (Å²) in [6, 6.07) is 5.60. The van der Waals surface area contributed by atoms with Gasteiger partial charge in [-0.3, -0.25) is 4.72 Å². The molecule has 0 bridgehead atoms. The van der Waals surface area contributed by atoms with Gasteiger partial charge in [0.25, 0.3) is 10.0 Å². The van der Waals surface area contributed by atoms with Crippen molar-refractivity contribution in [2.24, 2.45) is 0 Å². The monoisotopic (exact) mass is 407 g/mol. The molecule has 0 radical (unpaired) electrons. The minimum Gasteiger partial charge on any atom is -0.493 e. The fourth-order valence-electron chi connectivity index (χ4n) is 1.83. The van der Waals surface area contributed by atoms with Gasteiger partial charge in [0.1, 0.15) is 22.2 Å². The molecule has 1 N–H and O–H groups in total. The van der Waals surface area contributed by atoms with E-state index in [9.17, 15) is 17.2 Å². The summed E-state index contributed by atoms with van der Waals surface area (Å²) in [7, 11) is -1.53. The number of ether oxygens (including phenoxy) is 2. The maximum absolute atomic E-state index is 13.6. The molecule has 0 aromatic heterocycles. The van der Waals surface area contributed by atoms with Gasteiger partial charge in [-0.25, -0.2) is 17.2 Å². The Labute approximate surface area is 140 Å². The van der Waals surface area contributed by atoms with Crippen molar-refractivity contribution in [1.29, 1.82) is 0 Å². The maximum atomic E-state index is 13.6. The lowest BCUT2D eigenvalue weighted by molar-refractivity contribution is 0.353. The quantitative estimate of drug-likeness (QED) is 0.822. The Morgan fingerprint density at radius 1 is 1.04 bits per heavy atom. The summed E-state index contributed by atoms with van der Waals surface area (Å²) in [6.45, 7) is 0. The van der Waals surface area contributed by atoms with Crippen LogP contribution < -0.4 is 14.2 Å². The normalized spacial score (nSPS) is 11.2. The Bertz CT molecular complexity index is 823. The molecular formula is C14H12BrF2NO4S. The van der Waals surface area contributed by atoms with Crippen molar-refractivity contribution >= 4 is 31.6 Å². The fourth-order valence-corrected chi connectivity index (χ4v) is 3.94. The Hall–Kier alpha value is -1.87. The molecule has 0 unspecified atom stereocenters. The summed E-state index contributed by atoms with van der Waals surface area (Å²) < 4.78 is 64.3. The van der Waals surface area contributed by atoms with E-state index < -0.39 is 27.3 Å². The van der Waals surface area contributed by atoms with E-state index in [1.54, 1.807) is 0 Å². The molecule has 2 rings (SSSR count). The van der Waals surface area contributed by atoms with Crippen LogP contribution in [0, 0.1) is 11.6 Å². The van der Waals surface area contributed by atoms with E-state index in [-0.39, 0.29) is 15.1 Å². The van der Waals surface area contributed by atoms with E-state index in [4.69, 9.17) is 9.47 Å². The first kappa shape index (κ1) is 17.5. The molecule has 0 heterocycles. The highest BCUT2D eigenvalue weighted by atomic mass is 79.9. The molecule has 23 heavy (non-hydrogen) atoms. The third-order valence-corrected chi connectivity index (χ3v) is 5.23. The Kier molecular flexibility index (Phi) is 5.10. The van der Waals surface area contributed by atoms with Crippen molar-refractivity contribution in [2.75, 3.05) is 18.9 Å². The van der Waals surface area contributed by atoms with Crippen LogP contribution in [-0.4, -0.2) is 22.6 Å². The molecule has 0 saturated carbocycles. The van der Waals surface area contributed by atoms with Crippen molar-refractivity contribution in [2.45, 2.75) is 4.90 Å². The molecule has 0 aliphatic carbocycles. The standard InChI is InChI=1S/C14H12BrF2NO4S/c1-21-11-6-8(15)13(7-12(11)22-2)23(19,20)18-14-9(16)4-3-5-10(14)17/h3-7,18H,1-2H3. The topological polar surface area (TPSA) is 64.6 Å². The molecule has 0 spiro atoms. The zero-order chi connectivity index (χ0) is 17.2. The molecule has 0 amide bonds. The zero-order valence-corrected chi connectivity index (χ0v) is 14.5. The fraction of sp³-hybridized carbons (Fsp3) is 0.143. The van der Waals surface area contributed by atoms with Crippen LogP contribution in [0.2, 0.25) is 0 Å². The van der Waals surface area contributed by atoms with E-state index in [0.29, 0.717) is 5.75 Å². The van der Waals surface area contributed by atoms with Crippen molar-refractivity contribution in [1.82, 2.24) is 0 Å². The van der Waals surface area contributed by atoms with Crippen molar-refractivity contribution in [3.63, 3.8) is 0 Å². The highest BCUT2D eigenvalue weighted by molar-refractivity contribution is 9.10. The van der Waals surface area contributed by atoms with E-state index in [2.05, 4.69) is 15.9 Å². The minimum absolute atomic E-state index is 0.152. The van der Waals surface area contributed by atoms with Crippen molar-refractivity contribution in [3.8, 4) is 11.5 Å². The van der Waals surface area contributed by atoms with Gasteiger partial charge >= 0.3 is 0 Å². The Morgan fingerprint density at radius 3 is 2.09 bits per heavy atom. The third kappa shape index (κ3) is 3.56. The average molecular weight is 408 g/mol. The number of sulfonamides is 1. The van der Waals surface area contributed by atoms with E-state index in [0.717, 1.165) is 18.2 Å². The van der Waals surface area contributed by atoms with Crippen LogP contribution in [0.25, 0.3) is 0 Å². The first-order valence-corrected chi connectivity index (χ1v) is 8.46. The first-order chi connectivity index (χ1) is 10.8. The van der Waals surface area contributed by atoms with Crippen LogP contribution in [0.4, 0.5) is 14.5 Å². The molecular weight excluding hydrogens is 396 g/mol. The Morgan fingerprint density at radius 2 is 1.57 bits per heavy atom. The molecule has 124 valence electrons. The number of halogens is 3. The predicted octanol–water partition coefficient (Wildman–Crippen LogP) is 3.55. The average Bonchev–Trinajstić information content (AvgIpc) is 2.50. The number of rotatable bonds is 5. The van der Waals surface area contributed by atoms with Crippen LogP contribution in [-0.2, 0) is 10.0 Å². The second kappa shape index (κ2) is 6.71. The number of hydrogen-bond donors (Lipinski definition) is 1. The lowest BCUT2D eigenvalue weighted by atomic mass is 10.3. The summed E-state index contributed by atoms with van der Waals surface area (Å²) in [4.78, 5) is -0.252. The van der Waals surface area contributed by atoms with Gasteiger partial charge < -0.3 is 9.47 Å². The van der Waals surface area contributed by atoms with Crippen LogP contribution in [0.5, 0.6) is 11.5 Å². The summed E-state index contributed by atoms with van der Waals surface area (Å²) in [6.07, 6.45) is 0. The van der Waals surface area contributed by atoms with Gasteiger partial charge in [-0.1, -0.05) is 6.07 Å². The molecule has 0 aliphatic rings. The lowest BCUT2D eigenvalue weighted by Crippen LogP contribution is -2.16. The van der Waals surface area contributed by atoms with Crippen molar-refractivity contribution in [3.05, 3.63) is 46.4 Å².